The number of nitrogen functional groups attached to an aromatic ring is 1. The van der Waals surface area contributed by atoms with Gasteiger partial charge in [0.15, 0.2) is 0 Å². The molecular formula is C11H16N4OS. The van der Waals surface area contributed by atoms with Gasteiger partial charge in [-0.15, -0.1) is 11.3 Å². The predicted octanol–water partition coefficient (Wildman–Crippen LogP) is 1.63. The van der Waals surface area contributed by atoms with E-state index in [4.69, 9.17) is 10.8 Å². The molecule has 1 unspecified atom stereocenters. The van der Waals surface area contributed by atoms with Crippen LogP contribution in [0.3, 0.4) is 0 Å². The minimum Gasteiger partial charge on any atom is -0.394 e. The van der Waals surface area contributed by atoms with E-state index >= 15 is 0 Å². The Morgan fingerprint density at radius 3 is 2.94 bits per heavy atom. The van der Waals surface area contributed by atoms with Crippen molar-refractivity contribution in [1.82, 2.24) is 9.97 Å². The Balaban J connectivity index is 2.48. The summed E-state index contributed by atoms with van der Waals surface area (Å²) in [5.41, 5.74) is 5.67. The van der Waals surface area contributed by atoms with Crippen molar-refractivity contribution < 1.29 is 5.11 Å². The van der Waals surface area contributed by atoms with Gasteiger partial charge in [0.2, 0.25) is 5.95 Å². The van der Waals surface area contributed by atoms with Crippen molar-refractivity contribution in [2.24, 2.45) is 0 Å². The summed E-state index contributed by atoms with van der Waals surface area (Å²) in [6.45, 7) is 4.04. The number of nitrogens with zero attached hydrogens (tertiary/aromatic N) is 2. The number of aromatic nitrogens is 2. The largest absolute Gasteiger partial charge is 0.394 e. The van der Waals surface area contributed by atoms with Crippen molar-refractivity contribution in [3.63, 3.8) is 0 Å². The third-order valence-electron chi connectivity index (χ3n) is 2.47. The van der Waals surface area contributed by atoms with E-state index in [1.165, 1.54) is 4.88 Å². The molecule has 0 radical (unpaired) electrons. The highest BCUT2D eigenvalue weighted by Gasteiger charge is 2.11. The standard InChI is InChI=1S/C11H16N4OS/c1-3-7-4-8-9(13-6(2)5-16)14-11(12)15-10(8)17-7/h4,6,16H,3,5H2,1-2H3,(H3,12,13,14,15). The van der Waals surface area contributed by atoms with Crippen LogP contribution in [0.5, 0.6) is 0 Å². The Morgan fingerprint density at radius 2 is 2.29 bits per heavy atom. The van der Waals surface area contributed by atoms with Gasteiger partial charge in [-0.2, -0.15) is 4.98 Å². The number of hydrogen-bond acceptors (Lipinski definition) is 6. The van der Waals surface area contributed by atoms with E-state index in [0.29, 0.717) is 5.82 Å². The number of aliphatic hydroxyl groups excluding tert-OH is 1. The smallest absolute Gasteiger partial charge is 0.223 e. The van der Waals surface area contributed by atoms with Gasteiger partial charge in [0, 0.05) is 10.9 Å². The van der Waals surface area contributed by atoms with Gasteiger partial charge in [0.25, 0.3) is 0 Å². The van der Waals surface area contributed by atoms with Crippen LogP contribution in [0, 0.1) is 0 Å². The summed E-state index contributed by atoms with van der Waals surface area (Å²) in [4.78, 5) is 10.5. The first-order valence-corrected chi connectivity index (χ1v) is 6.39. The lowest BCUT2D eigenvalue weighted by molar-refractivity contribution is 0.281. The first-order chi connectivity index (χ1) is 8.13. The normalized spacial score (nSPS) is 12.9. The summed E-state index contributed by atoms with van der Waals surface area (Å²) < 4.78 is 0. The summed E-state index contributed by atoms with van der Waals surface area (Å²) in [6, 6.07) is 2.02. The average Bonchev–Trinajstić information content (AvgIpc) is 2.71. The lowest BCUT2D eigenvalue weighted by atomic mass is 10.3. The highest BCUT2D eigenvalue weighted by molar-refractivity contribution is 7.18. The minimum atomic E-state index is -0.0579. The summed E-state index contributed by atoms with van der Waals surface area (Å²) >= 11 is 1.63. The molecule has 0 spiro atoms. The zero-order valence-corrected chi connectivity index (χ0v) is 10.7. The summed E-state index contributed by atoms with van der Waals surface area (Å²) in [7, 11) is 0. The molecule has 0 saturated heterocycles. The molecule has 5 nitrogen and oxygen atoms in total. The molecule has 0 aliphatic rings. The maximum absolute atomic E-state index is 9.05. The lowest BCUT2D eigenvalue weighted by Crippen LogP contribution is -2.20. The monoisotopic (exact) mass is 252 g/mol. The van der Waals surface area contributed by atoms with Crippen LogP contribution in [0.4, 0.5) is 11.8 Å². The van der Waals surface area contributed by atoms with E-state index < -0.39 is 0 Å². The predicted molar refractivity (Wildman–Crippen MR) is 71.4 cm³/mol. The van der Waals surface area contributed by atoms with Crippen molar-refractivity contribution in [2.45, 2.75) is 26.3 Å². The highest BCUT2D eigenvalue weighted by Crippen LogP contribution is 2.30. The van der Waals surface area contributed by atoms with Gasteiger partial charge >= 0.3 is 0 Å². The molecule has 6 heteroatoms. The number of rotatable bonds is 4. The van der Waals surface area contributed by atoms with Crippen LogP contribution in [-0.4, -0.2) is 27.7 Å². The zero-order chi connectivity index (χ0) is 12.4. The second-order valence-corrected chi connectivity index (χ2v) is 5.06. The molecule has 2 rings (SSSR count). The molecule has 0 bridgehead atoms. The molecule has 0 aliphatic carbocycles. The molecule has 0 fully saturated rings. The Hall–Kier alpha value is -1.40. The zero-order valence-electron chi connectivity index (χ0n) is 9.90. The Morgan fingerprint density at radius 1 is 1.53 bits per heavy atom. The first-order valence-electron chi connectivity index (χ1n) is 5.57. The van der Waals surface area contributed by atoms with E-state index in [0.717, 1.165) is 16.6 Å². The lowest BCUT2D eigenvalue weighted by Gasteiger charge is -2.12. The number of nitrogens with one attached hydrogen (secondary N) is 1. The van der Waals surface area contributed by atoms with Gasteiger partial charge < -0.3 is 16.2 Å². The third-order valence-corrected chi connectivity index (χ3v) is 3.64. The third kappa shape index (κ3) is 2.48. The topological polar surface area (TPSA) is 84.1 Å². The molecule has 2 heterocycles. The van der Waals surface area contributed by atoms with Gasteiger partial charge in [-0.25, -0.2) is 4.98 Å². The van der Waals surface area contributed by atoms with Crippen LogP contribution in [0.2, 0.25) is 0 Å². The Kier molecular flexibility index (Phi) is 3.44. The SMILES string of the molecule is CCc1cc2c(NC(C)CO)nc(N)nc2s1. The number of aliphatic hydroxyl groups is 1. The highest BCUT2D eigenvalue weighted by atomic mass is 32.1. The summed E-state index contributed by atoms with van der Waals surface area (Å²) in [5.74, 6) is 0.958. The Labute approximate surface area is 104 Å². The van der Waals surface area contributed by atoms with Crippen molar-refractivity contribution >= 4 is 33.3 Å². The molecule has 4 N–H and O–H groups in total. The van der Waals surface area contributed by atoms with E-state index in [1.807, 2.05) is 6.92 Å². The van der Waals surface area contributed by atoms with Crippen LogP contribution in [0.15, 0.2) is 6.07 Å². The molecule has 2 aromatic rings. The van der Waals surface area contributed by atoms with E-state index in [2.05, 4.69) is 28.3 Å². The molecule has 92 valence electrons. The number of thiophene rings is 1. The van der Waals surface area contributed by atoms with Crippen LogP contribution < -0.4 is 11.1 Å². The van der Waals surface area contributed by atoms with Gasteiger partial charge in [-0.1, -0.05) is 6.92 Å². The van der Waals surface area contributed by atoms with E-state index in [1.54, 1.807) is 11.3 Å². The molecule has 0 amide bonds. The van der Waals surface area contributed by atoms with Crippen molar-refractivity contribution in [3.05, 3.63) is 10.9 Å². The van der Waals surface area contributed by atoms with Crippen LogP contribution in [0.1, 0.15) is 18.7 Å². The quantitative estimate of drug-likeness (QED) is 0.770. The fraction of sp³-hybridized carbons (Fsp3) is 0.455. The molecule has 17 heavy (non-hydrogen) atoms. The molecular weight excluding hydrogens is 236 g/mol. The molecule has 0 aromatic carbocycles. The second-order valence-electron chi connectivity index (χ2n) is 3.94. The number of nitrogens with two attached hydrogens (primary N) is 1. The first kappa shape index (κ1) is 12.1. The fourth-order valence-electron chi connectivity index (χ4n) is 1.55. The fourth-order valence-corrected chi connectivity index (χ4v) is 2.53. The van der Waals surface area contributed by atoms with Gasteiger partial charge in [-0.05, 0) is 19.4 Å². The summed E-state index contributed by atoms with van der Waals surface area (Å²) in [6.07, 6.45) is 0.968. The molecule has 0 aliphatic heterocycles. The second kappa shape index (κ2) is 4.85. The summed E-state index contributed by atoms with van der Waals surface area (Å²) in [5, 5.41) is 13.2. The van der Waals surface area contributed by atoms with Crippen molar-refractivity contribution in [3.8, 4) is 0 Å². The number of hydrogen-bond donors (Lipinski definition) is 3. The molecule has 0 saturated carbocycles. The number of fused-ring (bicyclic) bond motifs is 1. The maximum atomic E-state index is 9.05. The van der Waals surface area contributed by atoms with Crippen LogP contribution in [-0.2, 0) is 6.42 Å². The van der Waals surface area contributed by atoms with Gasteiger partial charge in [0.1, 0.15) is 10.6 Å². The Bertz CT molecular complexity index is 525. The van der Waals surface area contributed by atoms with Crippen molar-refractivity contribution in [2.75, 3.05) is 17.7 Å². The van der Waals surface area contributed by atoms with Crippen LogP contribution >= 0.6 is 11.3 Å². The van der Waals surface area contributed by atoms with Gasteiger partial charge in [0.05, 0.1) is 12.0 Å². The van der Waals surface area contributed by atoms with E-state index in [9.17, 15) is 0 Å². The van der Waals surface area contributed by atoms with E-state index in [-0.39, 0.29) is 18.6 Å². The molecule has 2 aromatic heterocycles. The van der Waals surface area contributed by atoms with Crippen LogP contribution in [0.25, 0.3) is 10.2 Å². The van der Waals surface area contributed by atoms with Gasteiger partial charge in [-0.3, -0.25) is 0 Å². The minimum absolute atomic E-state index is 0.0518. The number of aryl methyl sites for hydroxylation is 1. The maximum Gasteiger partial charge on any atom is 0.223 e. The van der Waals surface area contributed by atoms with Crippen molar-refractivity contribution in [1.29, 1.82) is 0 Å². The number of anilines is 2. The molecule has 1 atom stereocenters. The average molecular weight is 252 g/mol.